The monoisotopic (exact) mass is 166 g/mol. The molecule has 0 aromatic carbocycles. The van der Waals surface area contributed by atoms with Crippen molar-refractivity contribution < 1.29 is 0 Å². The summed E-state index contributed by atoms with van der Waals surface area (Å²) >= 11 is 0. The topological polar surface area (TPSA) is 15.3 Å². The van der Waals surface area contributed by atoms with Crippen molar-refractivity contribution in [1.29, 1.82) is 0 Å². The summed E-state index contributed by atoms with van der Waals surface area (Å²) in [5.74, 6) is 2.67. The zero-order valence-electron chi connectivity index (χ0n) is 7.68. The van der Waals surface area contributed by atoms with Crippen LogP contribution < -0.4 is 5.32 Å². The van der Waals surface area contributed by atoms with Gasteiger partial charge in [0.05, 0.1) is 0 Å². The van der Waals surface area contributed by atoms with Crippen LogP contribution in [0.5, 0.6) is 0 Å². The van der Waals surface area contributed by atoms with Crippen molar-refractivity contribution in [3.05, 3.63) is 0 Å². The van der Waals surface area contributed by atoms with Gasteiger partial charge in [-0.2, -0.15) is 0 Å². The van der Waals surface area contributed by atoms with E-state index in [1.807, 2.05) is 0 Å². The number of nitrogens with one attached hydrogen (secondary N) is 1. The first-order valence-corrected chi connectivity index (χ1v) is 4.80. The van der Waals surface area contributed by atoms with Crippen molar-refractivity contribution in [2.45, 2.75) is 19.3 Å². The van der Waals surface area contributed by atoms with Crippen molar-refractivity contribution in [3.8, 4) is 12.3 Å². The molecule has 1 aliphatic heterocycles. The molecule has 0 saturated carbocycles. The molecule has 68 valence electrons. The van der Waals surface area contributed by atoms with E-state index in [-0.39, 0.29) is 0 Å². The number of unbranched alkanes of at least 4 members (excludes halogenated alkanes) is 2. The van der Waals surface area contributed by atoms with E-state index in [4.69, 9.17) is 6.42 Å². The summed E-state index contributed by atoms with van der Waals surface area (Å²) in [6.45, 7) is 5.93. The summed E-state index contributed by atoms with van der Waals surface area (Å²) in [7, 11) is 0. The molecule has 12 heavy (non-hydrogen) atoms. The predicted octanol–water partition coefficient (Wildman–Crippen LogP) is 0.695. The molecule has 0 unspecified atom stereocenters. The van der Waals surface area contributed by atoms with Crippen molar-refractivity contribution in [3.63, 3.8) is 0 Å². The highest BCUT2D eigenvalue weighted by molar-refractivity contribution is 4.83. The SMILES string of the molecule is C#CCCCCN1CCNCC1. The molecule has 1 rings (SSSR count). The van der Waals surface area contributed by atoms with Crippen molar-refractivity contribution in [2.24, 2.45) is 0 Å². The Morgan fingerprint density at radius 1 is 1.25 bits per heavy atom. The Hall–Kier alpha value is -0.520. The van der Waals surface area contributed by atoms with Gasteiger partial charge in [-0.3, -0.25) is 0 Å². The van der Waals surface area contributed by atoms with E-state index in [1.54, 1.807) is 0 Å². The van der Waals surface area contributed by atoms with E-state index in [0.29, 0.717) is 0 Å². The Bertz CT molecular complexity index is 142. The Labute approximate surface area is 75.3 Å². The number of hydrogen-bond donors (Lipinski definition) is 1. The molecule has 1 N–H and O–H groups in total. The fourth-order valence-electron chi connectivity index (χ4n) is 1.50. The molecule has 0 bridgehead atoms. The summed E-state index contributed by atoms with van der Waals surface area (Å²) in [6.07, 6.45) is 8.55. The van der Waals surface area contributed by atoms with Crippen LogP contribution in [0.25, 0.3) is 0 Å². The average molecular weight is 166 g/mol. The highest BCUT2D eigenvalue weighted by Gasteiger charge is 2.07. The Morgan fingerprint density at radius 2 is 2.00 bits per heavy atom. The number of terminal acetylenes is 1. The normalized spacial score (nSPS) is 18.9. The van der Waals surface area contributed by atoms with Gasteiger partial charge in [-0.1, -0.05) is 0 Å². The number of hydrogen-bond acceptors (Lipinski definition) is 2. The van der Waals surface area contributed by atoms with Crippen LogP contribution in [0.3, 0.4) is 0 Å². The summed E-state index contributed by atoms with van der Waals surface area (Å²) in [6, 6.07) is 0. The molecule has 0 aromatic heterocycles. The fraction of sp³-hybridized carbons (Fsp3) is 0.800. The van der Waals surface area contributed by atoms with Crippen LogP contribution >= 0.6 is 0 Å². The molecule has 2 heteroatoms. The summed E-state index contributed by atoms with van der Waals surface area (Å²) in [4.78, 5) is 2.51. The van der Waals surface area contributed by atoms with E-state index < -0.39 is 0 Å². The van der Waals surface area contributed by atoms with Gasteiger partial charge < -0.3 is 10.2 Å². The Kier molecular flexibility index (Phi) is 4.82. The van der Waals surface area contributed by atoms with Crippen molar-refractivity contribution in [1.82, 2.24) is 10.2 Å². The molecule has 1 saturated heterocycles. The largest absolute Gasteiger partial charge is 0.314 e. The first kappa shape index (κ1) is 9.57. The maximum absolute atomic E-state index is 5.17. The fourth-order valence-corrected chi connectivity index (χ4v) is 1.50. The third-order valence-electron chi connectivity index (χ3n) is 2.26. The average Bonchev–Trinajstić information content (AvgIpc) is 2.14. The Balaban J connectivity index is 1.95. The van der Waals surface area contributed by atoms with Crippen LogP contribution in [0.1, 0.15) is 19.3 Å². The number of rotatable bonds is 4. The van der Waals surface area contributed by atoms with Crippen LogP contribution in [-0.4, -0.2) is 37.6 Å². The first-order chi connectivity index (χ1) is 5.93. The summed E-state index contributed by atoms with van der Waals surface area (Å²) in [5, 5.41) is 3.34. The van der Waals surface area contributed by atoms with E-state index >= 15 is 0 Å². The molecule has 2 nitrogen and oxygen atoms in total. The molecular formula is C10H18N2. The van der Waals surface area contributed by atoms with Gasteiger partial charge in [0.1, 0.15) is 0 Å². The zero-order chi connectivity index (χ0) is 8.65. The van der Waals surface area contributed by atoms with Crippen LogP contribution in [0.2, 0.25) is 0 Å². The standard InChI is InChI=1S/C10H18N2/c1-2-3-4-5-8-12-9-6-11-7-10-12/h1,11H,3-10H2. The van der Waals surface area contributed by atoms with Gasteiger partial charge in [-0.05, 0) is 19.4 Å². The van der Waals surface area contributed by atoms with Crippen molar-refractivity contribution in [2.75, 3.05) is 32.7 Å². The zero-order valence-corrected chi connectivity index (χ0v) is 7.68. The molecule has 0 radical (unpaired) electrons. The lowest BCUT2D eigenvalue weighted by Gasteiger charge is -2.26. The van der Waals surface area contributed by atoms with Crippen LogP contribution in [0.15, 0.2) is 0 Å². The highest BCUT2D eigenvalue weighted by atomic mass is 15.2. The molecule has 1 heterocycles. The second-order valence-corrected chi connectivity index (χ2v) is 3.25. The Morgan fingerprint density at radius 3 is 2.67 bits per heavy atom. The molecule has 1 fully saturated rings. The minimum atomic E-state index is 0.937. The second kappa shape index (κ2) is 6.05. The predicted molar refractivity (Wildman–Crippen MR) is 52.0 cm³/mol. The molecule has 0 atom stereocenters. The smallest absolute Gasteiger partial charge is 0.0107 e. The third kappa shape index (κ3) is 3.75. The van der Waals surface area contributed by atoms with E-state index in [2.05, 4.69) is 16.1 Å². The maximum Gasteiger partial charge on any atom is 0.0107 e. The minimum absolute atomic E-state index is 0.937. The minimum Gasteiger partial charge on any atom is -0.314 e. The highest BCUT2D eigenvalue weighted by Crippen LogP contribution is 1.99. The first-order valence-electron chi connectivity index (χ1n) is 4.80. The van der Waals surface area contributed by atoms with Gasteiger partial charge in [-0.25, -0.2) is 0 Å². The van der Waals surface area contributed by atoms with Crippen LogP contribution in [0, 0.1) is 12.3 Å². The van der Waals surface area contributed by atoms with Gasteiger partial charge in [0.25, 0.3) is 0 Å². The summed E-state index contributed by atoms with van der Waals surface area (Å²) < 4.78 is 0. The molecule has 0 amide bonds. The second-order valence-electron chi connectivity index (χ2n) is 3.25. The van der Waals surface area contributed by atoms with Crippen molar-refractivity contribution >= 4 is 0 Å². The molecular weight excluding hydrogens is 148 g/mol. The molecule has 1 aliphatic rings. The van der Waals surface area contributed by atoms with E-state index in [0.717, 1.165) is 19.5 Å². The van der Waals surface area contributed by atoms with Gasteiger partial charge in [-0.15, -0.1) is 12.3 Å². The number of piperazine rings is 1. The van der Waals surface area contributed by atoms with E-state index in [1.165, 1.54) is 32.5 Å². The maximum atomic E-state index is 5.17. The lowest BCUT2D eigenvalue weighted by Crippen LogP contribution is -2.43. The lowest BCUT2D eigenvalue weighted by molar-refractivity contribution is 0.237. The van der Waals surface area contributed by atoms with Gasteiger partial charge >= 0.3 is 0 Å². The van der Waals surface area contributed by atoms with Crippen LogP contribution in [0.4, 0.5) is 0 Å². The van der Waals surface area contributed by atoms with Gasteiger partial charge in [0.2, 0.25) is 0 Å². The van der Waals surface area contributed by atoms with Gasteiger partial charge in [0, 0.05) is 32.6 Å². The quantitative estimate of drug-likeness (QED) is 0.488. The van der Waals surface area contributed by atoms with E-state index in [9.17, 15) is 0 Å². The van der Waals surface area contributed by atoms with Crippen LogP contribution in [-0.2, 0) is 0 Å². The molecule has 0 aliphatic carbocycles. The van der Waals surface area contributed by atoms with Gasteiger partial charge in [0.15, 0.2) is 0 Å². The third-order valence-corrected chi connectivity index (χ3v) is 2.26. The summed E-state index contributed by atoms with van der Waals surface area (Å²) in [5.41, 5.74) is 0. The number of nitrogens with zero attached hydrogens (tertiary/aromatic N) is 1. The molecule has 0 spiro atoms. The lowest BCUT2D eigenvalue weighted by atomic mass is 10.2. The molecule has 0 aromatic rings.